The van der Waals surface area contributed by atoms with Crippen molar-refractivity contribution in [2.24, 2.45) is 0 Å². The van der Waals surface area contributed by atoms with Crippen LogP contribution < -0.4 is 0 Å². The van der Waals surface area contributed by atoms with Crippen LogP contribution in [0.15, 0.2) is 36.9 Å². The first-order chi connectivity index (χ1) is 12.6. The van der Waals surface area contributed by atoms with E-state index in [4.69, 9.17) is 0 Å². The summed E-state index contributed by atoms with van der Waals surface area (Å²) >= 11 is 0. The van der Waals surface area contributed by atoms with E-state index in [9.17, 15) is 4.79 Å². The molecule has 0 aliphatic carbocycles. The summed E-state index contributed by atoms with van der Waals surface area (Å²) in [4.78, 5) is 25.2. The monoisotopic (exact) mass is 355 g/mol. The third-order valence-corrected chi connectivity index (χ3v) is 5.06. The first-order valence-corrected chi connectivity index (χ1v) is 9.46. The summed E-state index contributed by atoms with van der Waals surface area (Å²) in [7, 11) is 4.09. The van der Waals surface area contributed by atoms with E-state index in [0.29, 0.717) is 18.2 Å². The zero-order valence-corrected chi connectivity index (χ0v) is 15.8. The Balaban J connectivity index is 1.52. The van der Waals surface area contributed by atoms with Crippen LogP contribution in [0.3, 0.4) is 0 Å². The van der Waals surface area contributed by atoms with Crippen molar-refractivity contribution >= 4 is 5.91 Å². The van der Waals surface area contributed by atoms with Crippen molar-refractivity contribution in [3.05, 3.63) is 48.3 Å². The Labute approximate surface area is 155 Å². The molecule has 0 aromatic carbocycles. The largest absolute Gasteiger partial charge is 0.343 e. The molecular formula is C20H29N5O. The Morgan fingerprint density at radius 2 is 1.92 bits per heavy atom. The van der Waals surface area contributed by atoms with Crippen LogP contribution >= 0.6 is 0 Å². The number of amides is 1. The number of nitrogens with zero attached hydrogens (tertiary/aromatic N) is 5. The van der Waals surface area contributed by atoms with Gasteiger partial charge in [-0.3, -0.25) is 9.78 Å². The van der Waals surface area contributed by atoms with Gasteiger partial charge in [0.25, 0.3) is 0 Å². The van der Waals surface area contributed by atoms with E-state index in [-0.39, 0.29) is 0 Å². The fourth-order valence-corrected chi connectivity index (χ4v) is 3.59. The molecule has 6 heteroatoms. The topological polar surface area (TPSA) is 54.3 Å². The molecule has 0 N–H and O–H groups in total. The number of carbonyl (C=O) groups is 1. The third kappa shape index (κ3) is 4.91. The van der Waals surface area contributed by atoms with Crippen molar-refractivity contribution in [2.45, 2.75) is 38.1 Å². The van der Waals surface area contributed by atoms with Crippen LogP contribution in [0.5, 0.6) is 0 Å². The van der Waals surface area contributed by atoms with E-state index < -0.39 is 0 Å². The quantitative estimate of drug-likeness (QED) is 0.765. The van der Waals surface area contributed by atoms with Crippen LogP contribution in [-0.4, -0.2) is 64.0 Å². The van der Waals surface area contributed by atoms with E-state index in [2.05, 4.69) is 25.6 Å². The molecule has 0 bridgehead atoms. The molecule has 0 spiro atoms. The van der Waals surface area contributed by atoms with Gasteiger partial charge in [0.05, 0.1) is 0 Å². The van der Waals surface area contributed by atoms with Gasteiger partial charge in [0.15, 0.2) is 0 Å². The molecule has 0 unspecified atom stereocenters. The van der Waals surface area contributed by atoms with Crippen LogP contribution in [0.4, 0.5) is 0 Å². The molecule has 1 aliphatic rings. The summed E-state index contributed by atoms with van der Waals surface area (Å²) in [5.74, 6) is 1.87. The minimum Gasteiger partial charge on any atom is -0.343 e. The van der Waals surface area contributed by atoms with Crippen molar-refractivity contribution < 1.29 is 4.79 Å². The minimum atomic E-state index is 0.297. The van der Waals surface area contributed by atoms with Gasteiger partial charge >= 0.3 is 0 Å². The highest BCUT2D eigenvalue weighted by molar-refractivity contribution is 5.76. The molecule has 1 saturated heterocycles. The zero-order chi connectivity index (χ0) is 18.4. The highest BCUT2D eigenvalue weighted by Crippen LogP contribution is 2.27. The molecule has 26 heavy (non-hydrogen) atoms. The van der Waals surface area contributed by atoms with E-state index in [0.717, 1.165) is 51.3 Å². The van der Waals surface area contributed by atoms with Crippen molar-refractivity contribution in [2.75, 3.05) is 33.7 Å². The second-order valence-electron chi connectivity index (χ2n) is 7.33. The maximum Gasteiger partial charge on any atom is 0.222 e. The summed E-state index contributed by atoms with van der Waals surface area (Å²) in [6.07, 6.45) is 11.2. The molecule has 2 aromatic heterocycles. The number of carbonyl (C=O) groups excluding carboxylic acids is 1. The molecule has 1 amide bonds. The number of hydrogen-bond acceptors (Lipinski definition) is 4. The highest BCUT2D eigenvalue weighted by atomic mass is 16.2. The van der Waals surface area contributed by atoms with Crippen molar-refractivity contribution in [3.63, 3.8) is 0 Å². The summed E-state index contributed by atoms with van der Waals surface area (Å²) in [5.41, 5.74) is 1.23. The average molecular weight is 355 g/mol. The van der Waals surface area contributed by atoms with Crippen molar-refractivity contribution in [1.29, 1.82) is 0 Å². The standard InChI is InChI=1S/C20H29N5O/c1-23(2)12-3-4-19(26)24-13-7-18(8-14-24)20-22-11-15-25(20)16-17-5-9-21-10-6-17/h5-6,9-11,15,18H,3-4,7-8,12-14,16H2,1-2H3. The zero-order valence-electron chi connectivity index (χ0n) is 15.8. The van der Waals surface area contributed by atoms with Crippen molar-refractivity contribution in [1.82, 2.24) is 24.3 Å². The Kier molecular flexibility index (Phi) is 6.39. The van der Waals surface area contributed by atoms with E-state index in [1.54, 1.807) is 0 Å². The molecule has 3 heterocycles. The van der Waals surface area contributed by atoms with Gasteiger partial charge in [-0.05, 0) is 57.6 Å². The Hall–Kier alpha value is -2.21. The Morgan fingerprint density at radius 3 is 2.62 bits per heavy atom. The van der Waals surface area contributed by atoms with E-state index in [1.807, 2.05) is 49.7 Å². The molecule has 1 aliphatic heterocycles. The van der Waals surface area contributed by atoms with Gasteiger partial charge in [-0.1, -0.05) is 0 Å². The maximum atomic E-state index is 12.4. The van der Waals surface area contributed by atoms with Gasteiger partial charge in [0.2, 0.25) is 5.91 Å². The van der Waals surface area contributed by atoms with Gasteiger partial charge in [-0.2, -0.15) is 0 Å². The van der Waals surface area contributed by atoms with Crippen LogP contribution in [0.1, 0.15) is 43.0 Å². The highest BCUT2D eigenvalue weighted by Gasteiger charge is 2.26. The molecule has 0 radical (unpaired) electrons. The summed E-state index contributed by atoms with van der Waals surface area (Å²) in [6.45, 7) is 3.47. The summed E-state index contributed by atoms with van der Waals surface area (Å²) in [6, 6.07) is 4.08. The van der Waals surface area contributed by atoms with E-state index in [1.165, 1.54) is 5.56 Å². The number of aromatic nitrogens is 3. The average Bonchev–Trinajstić information content (AvgIpc) is 3.10. The lowest BCUT2D eigenvalue weighted by molar-refractivity contribution is -0.132. The maximum absolute atomic E-state index is 12.4. The van der Waals surface area contributed by atoms with Crippen LogP contribution in [0, 0.1) is 0 Å². The number of likely N-dealkylation sites (tertiary alicyclic amines) is 1. The molecule has 0 atom stereocenters. The SMILES string of the molecule is CN(C)CCCC(=O)N1CCC(c2nccn2Cc2ccncc2)CC1. The Bertz CT molecular complexity index is 689. The molecular weight excluding hydrogens is 326 g/mol. The number of piperidine rings is 1. The first kappa shape index (κ1) is 18.6. The predicted molar refractivity (Wildman–Crippen MR) is 102 cm³/mol. The molecule has 0 saturated carbocycles. The van der Waals surface area contributed by atoms with Gasteiger partial charge < -0.3 is 14.4 Å². The van der Waals surface area contributed by atoms with Gasteiger partial charge in [0, 0.05) is 56.8 Å². The fraction of sp³-hybridized carbons (Fsp3) is 0.550. The summed E-state index contributed by atoms with van der Waals surface area (Å²) < 4.78 is 2.23. The molecule has 6 nitrogen and oxygen atoms in total. The van der Waals surface area contributed by atoms with Crippen LogP contribution in [0.2, 0.25) is 0 Å². The first-order valence-electron chi connectivity index (χ1n) is 9.46. The van der Waals surface area contributed by atoms with Gasteiger partial charge in [-0.15, -0.1) is 0 Å². The van der Waals surface area contributed by atoms with Crippen LogP contribution in [0.25, 0.3) is 0 Å². The minimum absolute atomic E-state index is 0.297. The Morgan fingerprint density at radius 1 is 1.19 bits per heavy atom. The normalized spacial score (nSPS) is 15.6. The lowest BCUT2D eigenvalue weighted by atomic mass is 9.95. The van der Waals surface area contributed by atoms with Crippen molar-refractivity contribution in [3.8, 4) is 0 Å². The van der Waals surface area contributed by atoms with Crippen LogP contribution in [-0.2, 0) is 11.3 Å². The van der Waals surface area contributed by atoms with Gasteiger partial charge in [-0.25, -0.2) is 4.98 Å². The second-order valence-corrected chi connectivity index (χ2v) is 7.33. The predicted octanol–water partition coefficient (Wildman–Crippen LogP) is 2.37. The molecule has 2 aromatic rings. The molecule has 3 rings (SSSR count). The lowest BCUT2D eigenvalue weighted by Crippen LogP contribution is -2.38. The number of hydrogen-bond donors (Lipinski definition) is 0. The fourth-order valence-electron chi connectivity index (χ4n) is 3.59. The number of pyridine rings is 1. The molecule has 1 fully saturated rings. The van der Waals surface area contributed by atoms with Gasteiger partial charge in [0.1, 0.15) is 5.82 Å². The lowest BCUT2D eigenvalue weighted by Gasteiger charge is -2.32. The van der Waals surface area contributed by atoms with E-state index >= 15 is 0 Å². The summed E-state index contributed by atoms with van der Waals surface area (Å²) in [5, 5.41) is 0. The third-order valence-electron chi connectivity index (χ3n) is 5.06. The second kappa shape index (κ2) is 8.94. The number of imidazole rings is 1. The number of rotatable bonds is 7. The molecule has 140 valence electrons. The smallest absolute Gasteiger partial charge is 0.222 e.